The zero-order chi connectivity index (χ0) is 13.1. The average Bonchev–Trinajstić information content (AvgIpc) is 2.41. The van der Waals surface area contributed by atoms with Crippen molar-refractivity contribution in [1.29, 1.82) is 5.26 Å². The molecule has 0 aliphatic carbocycles. The first-order chi connectivity index (χ1) is 8.61. The second-order valence-electron chi connectivity index (χ2n) is 4.97. The highest BCUT2D eigenvalue weighted by Gasteiger charge is 2.26. The lowest BCUT2D eigenvalue weighted by molar-refractivity contribution is 0.181. The van der Waals surface area contributed by atoms with E-state index in [9.17, 15) is 0 Å². The van der Waals surface area contributed by atoms with Crippen LogP contribution in [0.25, 0.3) is 0 Å². The van der Waals surface area contributed by atoms with E-state index >= 15 is 0 Å². The van der Waals surface area contributed by atoms with Gasteiger partial charge in [0.15, 0.2) is 0 Å². The van der Waals surface area contributed by atoms with Crippen molar-refractivity contribution in [2.75, 3.05) is 25.5 Å². The van der Waals surface area contributed by atoms with Crippen LogP contribution in [0, 0.1) is 11.3 Å². The van der Waals surface area contributed by atoms with Crippen molar-refractivity contribution in [3.8, 4) is 6.07 Å². The van der Waals surface area contributed by atoms with Crippen molar-refractivity contribution in [2.24, 2.45) is 0 Å². The lowest BCUT2D eigenvalue weighted by Gasteiger charge is -2.39. The second-order valence-corrected chi connectivity index (χ2v) is 4.97. The molecule has 2 atom stereocenters. The van der Waals surface area contributed by atoms with E-state index in [2.05, 4.69) is 39.8 Å². The predicted octanol–water partition coefficient (Wildman–Crippen LogP) is 1.27. The Morgan fingerprint density at radius 3 is 3.00 bits per heavy atom. The van der Waals surface area contributed by atoms with E-state index in [4.69, 9.17) is 5.26 Å². The molecule has 0 aromatic carbocycles. The molecule has 1 fully saturated rings. The molecule has 1 aliphatic heterocycles. The third-order valence-corrected chi connectivity index (χ3v) is 3.80. The highest BCUT2D eigenvalue weighted by atomic mass is 15.3. The molecule has 1 saturated heterocycles. The summed E-state index contributed by atoms with van der Waals surface area (Å²) in [5, 5.41) is 8.87. The van der Waals surface area contributed by atoms with E-state index in [1.165, 1.54) is 0 Å². The smallest absolute Gasteiger partial charge is 0.226 e. The largest absolute Gasteiger partial charge is 0.341 e. The Morgan fingerprint density at radius 2 is 2.33 bits per heavy atom. The zero-order valence-corrected chi connectivity index (χ0v) is 11.2. The maximum atomic E-state index is 8.87. The van der Waals surface area contributed by atoms with Crippen molar-refractivity contribution in [3.05, 3.63) is 18.0 Å². The number of hydrogen-bond donors (Lipinski definition) is 0. The molecule has 5 heteroatoms. The molecule has 18 heavy (non-hydrogen) atoms. The third-order valence-electron chi connectivity index (χ3n) is 3.80. The molecule has 1 aromatic rings. The van der Waals surface area contributed by atoms with Gasteiger partial charge in [-0.2, -0.15) is 5.26 Å². The summed E-state index contributed by atoms with van der Waals surface area (Å²) in [4.78, 5) is 13.0. The van der Waals surface area contributed by atoms with Crippen LogP contribution in [-0.2, 0) is 0 Å². The summed E-state index contributed by atoms with van der Waals surface area (Å²) >= 11 is 0. The quantitative estimate of drug-likeness (QED) is 0.785. The summed E-state index contributed by atoms with van der Waals surface area (Å²) in [5.41, 5.74) is 0.424. The van der Waals surface area contributed by atoms with Crippen molar-refractivity contribution in [1.82, 2.24) is 14.9 Å². The molecule has 0 bridgehead atoms. The van der Waals surface area contributed by atoms with Crippen molar-refractivity contribution >= 4 is 5.95 Å². The van der Waals surface area contributed by atoms with Crippen molar-refractivity contribution < 1.29 is 0 Å². The van der Waals surface area contributed by atoms with Gasteiger partial charge >= 0.3 is 0 Å². The Labute approximate surface area is 108 Å². The van der Waals surface area contributed by atoms with E-state index in [0.29, 0.717) is 23.7 Å². The SMILES string of the molecule is CC1CC(N(C)c2nccc(C#N)n2)CCN1C. The van der Waals surface area contributed by atoms with Crippen LogP contribution in [-0.4, -0.2) is 47.6 Å². The predicted molar refractivity (Wildman–Crippen MR) is 70.3 cm³/mol. The van der Waals surface area contributed by atoms with E-state index in [1.807, 2.05) is 7.05 Å². The zero-order valence-electron chi connectivity index (χ0n) is 11.2. The number of anilines is 1. The first kappa shape index (κ1) is 12.8. The Hall–Kier alpha value is -1.67. The molecule has 5 nitrogen and oxygen atoms in total. The first-order valence-electron chi connectivity index (χ1n) is 6.28. The van der Waals surface area contributed by atoms with Crippen LogP contribution in [0.15, 0.2) is 12.3 Å². The summed E-state index contributed by atoms with van der Waals surface area (Å²) in [5.74, 6) is 0.649. The van der Waals surface area contributed by atoms with Gasteiger partial charge in [0.25, 0.3) is 0 Å². The number of piperidine rings is 1. The fraction of sp³-hybridized carbons (Fsp3) is 0.615. The summed E-state index contributed by atoms with van der Waals surface area (Å²) < 4.78 is 0. The Morgan fingerprint density at radius 1 is 1.56 bits per heavy atom. The van der Waals surface area contributed by atoms with Gasteiger partial charge in [0, 0.05) is 31.9 Å². The molecule has 1 aromatic heterocycles. The first-order valence-corrected chi connectivity index (χ1v) is 6.28. The molecule has 0 saturated carbocycles. The van der Waals surface area contributed by atoms with Crippen LogP contribution in [0.4, 0.5) is 5.95 Å². The highest BCUT2D eigenvalue weighted by molar-refractivity contribution is 5.34. The molecule has 2 heterocycles. The summed E-state index contributed by atoms with van der Waals surface area (Å²) in [7, 11) is 4.17. The van der Waals surface area contributed by atoms with Gasteiger partial charge in [-0.1, -0.05) is 0 Å². The van der Waals surface area contributed by atoms with E-state index in [-0.39, 0.29) is 0 Å². The number of aromatic nitrogens is 2. The lowest BCUT2D eigenvalue weighted by Crippen LogP contribution is -2.46. The fourth-order valence-electron chi connectivity index (χ4n) is 2.36. The second kappa shape index (κ2) is 5.32. The van der Waals surface area contributed by atoms with Crippen molar-refractivity contribution in [3.63, 3.8) is 0 Å². The monoisotopic (exact) mass is 245 g/mol. The van der Waals surface area contributed by atoms with Gasteiger partial charge in [0.2, 0.25) is 5.95 Å². The van der Waals surface area contributed by atoms with Crippen LogP contribution < -0.4 is 4.90 Å². The number of likely N-dealkylation sites (tertiary alicyclic amines) is 1. The molecule has 96 valence electrons. The lowest BCUT2D eigenvalue weighted by atomic mass is 9.98. The van der Waals surface area contributed by atoms with Crippen LogP contribution in [0.1, 0.15) is 25.5 Å². The van der Waals surface area contributed by atoms with Crippen LogP contribution in [0.3, 0.4) is 0 Å². The molecule has 0 radical (unpaired) electrons. The van der Waals surface area contributed by atoms with E-state index in [0.717, 1.165) is 19.4 Å². The maximum Gasteiger partial charge on any atom is 0.226 e. The number of hydrogen-bond acceptors (Lipinski definition) is 5. The molecular formula is C13H19N5. The van der Waals surface area contributed by atoms with Gasteiger partial charge in [-0.05, 0) is 32.9 Å². The van der Waals surface area contributed by atoms with Gasteiger partial charge in [-0.3, -0.25) is 0 Å². The van der Waals surface area contributed by atoms with E-state index < -0.39 is 0 Å². The molecule has 0 amide bonds. The van der Waals surface area contributed by atoms with Crippen molar-refractivity contribution in [2.45, 2.75) is 31.8 Å². The fourth-order valence-corrected chi connectivity index (χ4v) is 2.36. The number of rotatable bonds is 2. The van der Waals surface area contributed by atoms with Gasteiger partial charge in [-0.25, -0.2) is 9.97 Å². The minimum Gasteiger partial charge on any atom is -0.341 e. The van der Waals surface area contributed by atoms with Gasteiger partial charge < -0.3 is 9.80 Å². The Balaban J connectivity index is 2.11. The Kier molecular flexibility index (Phi) is 3.78. The highest BCUT2D eigenvalue weighted by Crippen LogP contribution is 2.22. The molecule has 0 N–H and O–H groups in total. The van der Waals surface area contributed by atoms with Crippen LogP contribution in [0.5, 0.6) is 0 Å². The van der Waals surface area contributed by atoms with Gasteiger partial charge in [-0.15, -0.1) is 0 Å². The van der Waals surface area contributed by atoms with Crippen LogP contribution >= 0.6 is 0 Å². The molecule has 1 aliphatic rings. The topological polar surface area (TPSA) is 56.1 Å². The van der Waals surface area contributed by atoms with Crippen LogP contribution in [0.2, 0.25) is 0 Å². The molecule has 2 rings (SSSR count). The summed E-state index contributed by atoms with van der Waals surface area (Å²) in [6.45, 7) is 3.33. The molecule has 2 unspecified atom stereocenters. The number of nitriles is 1. The van der Waals surface area contributed by atoms with Gasteiger partial charge in [0.1, 0.15) is 11.8 Å². The van der Waals surface area contributed by atoms with E-state index in [1.54, 1.807) is 12.3 Å². The third kappa shape index (κ3) is 2.59. The minimum absolute atomic E-state index is 0.424. The minimum atomic E-state index is 0.424. The molecular weight excluding hydrogens is 226 g/mol. The van der Waals surface area contributed by atoms with Gasteiger partial charge in [0.05, 0.1) is 0 Å². The Bertz CT molecular complexity index is 453. The molecule has 0 spiro atoms. The number of nitrogens with zero attached hydrogens (tertiary/aromatic N) is 5. The normalized spacial score (nSPS) is 24.6. The maximum absolute atomic E-state index is 8.87. The average molecular weight is 245 g/mol. The summed E-state index contributed by atoms with van der Waals surface area (Å²) in [6.07, 6.45) is 3.86. The summed E-state index contributed by atoms with van der Waals surface area (Å²) in [6, 6.07) is 4.71. The standard InChI is InChI=1S/C13H19N5/c1-10-8-12(5-7-17(10)2)18(3)13-15-6-4-11(9-14)16-13/h4,6,10,12H,5,7-8H2,1-3H3.